The standard InChI is InChI=1S/C25H28FN5O3/c1-30-21(9-10-28-30)20-15-19(29-25(33)18-5-2-4-17(14-18)16-26)7-8-23(20)34-13-12-31-11-3-6-22(31)24(27)32/h2,4-5,7-10,14-15,22H,3,6,11-13,16H2,1H3,(H2,27,32)(H,29,33). The van der Waals surface area contributed by atoms with Crippen LogP contribution < -0.4 is 15.8 Å². The van der Waals surface area contributed by atoms with E-state index < -0.39 is 6.67 Å². The lowest BCUT2D eigenvalue weighted by Crippen LogP contribution is -2.42. The third-order valence-corrected chi connectivity index (χ3v) is 6.01. The molecule has 0 aliphatic carbocycles. The quantitative estimate of drug-likeness (QED) is 0.506. The molecule has 0 saturated carbocycles. The van der Waals surface area contributed by atoms with E-state index in [1.54, 1.807) is 41.2 Å². The Morgan fingerprint density at radius 2 is 2.09 bits per heavy atom. The molecule has 1 aromatic heterocycles. The molecule has 0 bridgehead atoms. The lowest BCUT2D eigenvalue weighted by atomic mass is 10.1. The summed E-state index contributed by atoms with van der Waals surface area (Å²) < 4.78 is 20.8. The summed E-state index contributed by atoms with van der Waals surface area (Å²) in [5, 5.41) is 7.11. The molecule has 1 saturated heterocycles. The van der Waals surface area contributed by atoms with E-state index in [1.807, 2.05) is 24.1 Å². The van der Waals surface area contributed by atoms with Crippen LogP contribution in [0.5, 0.6) is 5.75 Å². The van der Waals surface area contributed by atoms with Gasteiger partial charge in [-0.15, -0.1) is 0 Å². The zero-order valence-corrected chi connectivity index (χ0v) is 19.0. The number of halogens is 1. The first-order valence-corrected chi connectivity index (χ1v) is 11.2. The van der Waals surface area contributed by atoms with Gasteiger partial charge in [0, 0.05) is 36.6 Å². The number of likely N-dealkylation sites (tertiary alicyclic amines) is 1. The van der Waals surface area contributed by atoms with E-state index in [0.29, 0.717) is 35.7 Å². The van der Waals surface area contributed by atoms with Crippen molar-refractivity contribution in [1.82, 2.24) is 14.7 Å². The first kappa shape index (κ1) is 23.4. The van der Waals surface area contributed by atoms with Crippen LogP contribution in [0, 0.1) is 0 Å². The normalized spacial score (nSPS) is 15.9. The smallest absolute Gasteiger partial charge is 0.255 e. The van der Waals surface area contributed by atoms with Crippen LogP contribution in [0.3, 0.4) is 0 Å². The van der Waals surface area contributed by atoms with Crippen molar-refractivity contribution in [3.63, 3.8) is 0 Å². The summed E-state index contributed by atoms with van der Waals surface area (Å²) in [6.07, 6.45) is 3.41. The molecule has 9 heteroatoms. The molecule has 2 amide bonds. The van der Waals surface area contributed by atoms with Crippen LogP contribution in [0.15, 0.2) is 54.7 Å². The number of nitrogens with one attached hydrogen (secondary N) is 1. The Bertz CT molecular complexity index is 1180. The Morgan fingerprint density at radius 3 is 2.82 bits per heavy atom. The summed E-state index contributed by atoms with van der Waals surface area (Å²) in [6.45, 7) is 1.16. The maximum atomic E-state index is 13.0. The van der Waals surface area contributed by atoms with Gasteiger partial charge in [0.1, 0.15) is 19.0 Å². The average molecular weight is 466 g/mol. The number of nitrogens with zero attached hydrogens (tertiary/aromatic N) is 3. The Hall–Kier alpha value is -3.72. The van der Waals surface area contributed by atoms with Crippen molar-refractivity contribution in [2.24, 2.45) is 12.8 Å². The number of aryl methyl sites for hydroxylation is 1. The monoisotopic (exact) mass is 465 g/mol. The van der Waals surface area contributed by atoms with Crippen molar-refractivity contribution in [2.75, 3.05) is 25.0 Å². The Balaban J connectivity index is 1.51. The van der Waals surface area contributed by atoms with Crippen LogP contribution in [0.2, 0.25) is 0 Å². The van der Waals surface area contributed by atoms with Crippen LogP contribution in [0.4, 0.5) is 10.1 Å². The molecular formula is C25H28FN5O3. The molecule has 3 aromatic rings. The number of primary amides is 1. The molecular weight excluding hydrogens is 437 g/mol. The van der Waals surface area contributed by atoms with Crippen LogP contribution in [-0.2, 0) is 18.5 Å². The molecule has 2 aromatic carbocycles. The third-order valence-electron chi connectivity index (χ3n) is 6.01. The number of aromatic nitrogens is 2. The van der Waals surface area contributed by atoms with E-state index in [1.165, 1.54) is 6.07 Å². The second kappa shape index (κ2) is 10.5. The van der Waals surface area contributed by atoms with Gasteiger partial charge >= 0.3 is 0 Å². The van der Waals surface area contributed by atoms with Gasteiger partial charge in [0.15, 0.2) is 0 Å². The van der Waals surface area contributed by atoms with Crippen LogP contribution in [0.25, 0.3) is 11.3 Å². The lowest BCUT2D eigenvalue weighted by Gasteiger charge is -2.22. The SMILES string of the molecule is Cn1nccc1-c1cc(NC(=O)c2cccc(CF)c2)ccc1OCCN1CCCC1C(N)=O. The third kappa shape index (κ3) is 5.26. The van der Waals surface area contributed by atoms with Gasteiger partial charge < -0.3 is 15.8 Å². The van der Waals surface area contributed by atoms with Crippen molar-refractivity contribution in [3.8, 4) is 17.0 Å². The minimum Gasteiger partial charge on any atom is -0.492 e. The molecule has 1 unspecified atom stereocenters. The highest BCUT2D eigenvalue weighted by atomic mass is 19.1. The first-order valence-electron chi connectivity index (χ1n) is 11.2. The molecule has 0 spiro atoms. The number of hydrogen-bond donors (Lipinski definition) is 2. The largest absolute Gasteiger partial charge is 0.492 e. The zero-order chi connectivity index (χ0) is 24.1. The number of alkyl halides is 1. The molecule has 8 nitrogen and oxygen atoms in total. The summed E-state index contributed by atoms with van der Waals surface area (Å²) in [5.74, 6) is 0.00696. The molecule has 1 aliphatic rings. The number of amides is 2. The number of carbonyl (C=O) groups excluding carboxylic acids is 2. The fourth-order valence-electron chi connectivity index (χ4n) is 4.26. The van der Waals surface area contributed by atoms with Crippen molar-refractivity contribution in [3.05, 3.63) is 65.9 Å². The molecule has 3 N–H and O–H groups in total. The summed E-state index contributed by atoms with van der Waals surface area (Å²) in [5.41, 5.74) is 8.50. The second-order valence-corrected chi connectivity index (χ2v) is 8.28. The van der Waals surface area contributed by atoms with Crippen LogP contribution in [-0.4, -0.2) is 52.2 Å². The number of nitrogens with two attached hydrogens (primary N) is 1. The van der Waals surface area contributed by atoms with Crippen LogP contribution in [0.1, 0.15) is 28.8 Å². The summed E-state index contributed by atoms with van der Waals surface area (Å²) >= 11 is 0. The predicted octanol–water partition coefficient (Wildman–Crippen LogP) is 3.14. The number of carbonyl (C=O) groups is 2. The maximum Gasteiger partial charge on any atom is 0.255 e. The number of rotatable bonds is 9. The molecule has 4 rings (SSSR count). The molecule has 2 heterocycles. The molecule has 1 atom stereocenters. The van der Waals surface area contributed by atoms with E-state index in [9.17, 15) is 14.0 Å². The van der Waals surface area contributed by atoms with E-state index >= 15 is 0 Å². The molecule has 1 aliphatic heterocycles. The van der Waals surface area contributed by atoms with Gasteiger partial charge in [-0.2, -0.15) is 5.10 Å². The highest BCUT2D eigenvalue weighted by Crippen LogP contribution is 2.33. The van der Waals surface area contributed by atoms with E-state index in [2.05, 4.69) is 10.4 Å². The van der Waals surface area contributed by atoms with Gasteiger partial charge in [-0.05, 0) is 61.3 Å². The predicted molar refractivity (Wildman–Crippen MR) is 127 cm³/mol. The highest BCUT2D eigenvalue weighted by Gasteiger charge is 2.28. The molecule has 0 radical (unpaired) electrons. The van der Waals surface area contributed by atoms with Gasteiger partial charge in [-0.1, -0.05) is 12.1 Å². The van der Waals surface area contributed by atoms with Gasteiger partial charge in [0.05, 0.1) is 11.7 Å². The lowest BCUT2D eigenvalue weighted by molar-refractivity contribution is -0.122. The van der Waals surface area contributed by atoms with E-state index in [-0.39, 0.29) is 17.9 Å². The van der Waals surface area contributed by atoms with Gasteiger partial charge in [0.2, 0.25) is 5.91 Å². The maximum absolute atomic E-state index is 13.0. The summed E-state index contributed by atoms with van der Waals surface area (Å²) in [4.78, 5) is 26.4. The summed E-state index contributed by atoms with van der Waals surface area (Å²) in [6, 6.07) is 13.5. The first-order chi connectivity index (χ1) is 16.5. The Kier molecular flexibility index (Phi) is 7.22. The fraction of sp³-hybridized carbons (Fsp3) is 0.320. The molecule has 178 valence electrons. The average Bonchev–Trinajstić information content (AvgIpc) is 3.49. The Labute approximate surface area is 197 Å². The number of ether oxygens (including phenoxy) is 1. The number of hydrogen-bond acceptors (Lipinski definition) is 5. The highest BCUT2D eigenvalue weighted by molar-refractivity contribution is 6.04. The topological polar surface area (TPSA) is 102 Å². The fourth-order valence-corrected chi connectivity index (χ4v) is 4.26. The van der Waals surface area contributed by atoms with Gasteiger partial charge in [-0.25, -0.2) is 4.39 Å². The van der Waals surface area contributed by atoms with Gasteiger partial charge in [-0.3, -0.25) is 19.2 Å². The van der Waals surface area contributed by atoms with E-state index in [4.69, 9.17) is 10.5 Å². The summed E-state index contributed by atoms with van der Waals surface area (Å²) in [7, 11) is 1.83. The minimum absolute atomic E-state index is 0.242. The Morgan fingerprint density at radius 1 is 1.24 bits per heavy atom. The van der Waals surface area contributed by atoms with Gasteiger partial charge in [0.25, 0.3) is 5.91 Å². The number of anilines is 1. The van der Waals surface area contributed by atoms with Crippen molar-refractivity contribution < 1.29 is 18.7 Å². The van der Waals surface area contributed by atoms with E-state index in [0.717, 1.165) is 30.6 Å². The molecule has 34 heavy (non-hydrogen) atoms. The number of benzene rings is 2. The minimum atomic E-state index is -0.630. The molecule has 1 fully saturated rings. The second-order valence-electron chi connectivity index (χ2n) is 8.28. The van der Waals surface area contributed by atoms with Crippen molar-refractivity contribution in [1.29, 1.82) is 0 Å². The van der Waals surface area contributed by atoms with Crippen molar-refractivity contribution >= 4 is 17.5 Å². The van der Waals surface area contributed by atoms with Crippen molar-refractivity contribution in [2.45, 2.75) is 25.6 Å². The van der Waals surface area contributed by atoms with Crippen LogP contribution >= 0.6 is 0 Å². The zero-order valence-electron chi connectivity index (χ0n) is 19.0.